The first-order chi connectivity index (χ1) is 11.9. The molecule has 25 heavy (non-hydrogen) atoms. The lowest BCUT2D eigenvalue weighted by atomic mass is 10.1. The maximum atomic E-state index is 11.5. The Morgan fingerprint density at radius 3 is 2.44 bits per heavy atom. The van der Waals surface area contributed by atoms with E-state index in [1.54, 1.807) is 25.1 Å². The number of aryl methyl sites for hydroxylation is 3. The smallest absolute Gasteiger partial charge is 0.373 e. The van der Waals surface area contributed by atoms with E-state index in [0.717, 1.165) is 11.1 Å². The van der Waals surface area contributed by atoms with Gasteiger partial charge < -0.3 is 14.6 Å². The summed E-state index contributed by atoms with van der Waals surface area (Å²) < 4.78 is 10.6. The quantitative estimate of drug-likeness (QED) is 0.549. The largest absolute Gasteiger partial charge is 0.434 e. The van der Waals surface area contributed by atoms with Gasteiger partial charge in [0, 0.05) is 6.07 Å². The van der Waals surface area contributed by atoms with E-state index in [-0.39, 0.29) is 17.4 Å². The molecule has 0 fully saturated rings. The zero-order valence-corrected chi connectivity index (χ0v) is 13.8. The highest BCUT2D eigenvalue weighted by molar-refractivity contribution is 5.67. The van der Waals surface area contributed by atoms with Gasteiger partial charge in [0.2, 0.25) is 5.82 Å². The standard InChI is InChI=1S/C16H15N5O4/c1-9-4-10(2)6-12(5-9)24-16-14(21(22)23)15(17-8-18-16)19-13-7-11(3)25-20-13/h4-8H,1-3H3,(H,17,18,19,20). The number of anilines is 2. The van der Waals surface area contributed by atoms with E-state index in [1.807, 2.05) is 19.9 Å². The number of nitrogens with one attached hydrogen (secondary N) is 1. The van der Waals surface area contributed by atoms with Gasteiger partial charge in [0.05, 0.1) is 4.92 Å². The highest BCUT2D eigenvalue weighted by Gasteiger charge is 2.26. The SMILES string of the molecule is Cc1cc(C)cc(Oc2ncnc(Nc3cc(C)on3)c2[N+](=O)[O-])c1. The molecule has 3 aromatic rings. The number of ether oxygens (including phenoxy) is 1. The van der Waals surface area contributed by atoms with Crippen LogP contribution in [0.5, 0.6) is 11.6 Å². The first-order valence-corrected chi connectivity index (χ1v) is 7.38. The number of nitro groups is 1. The van der Waals surface area contributed by atoms with Crippen LogP contribution in [0.4, 0.5) is 17.3 Å². The Morgan fingerprint density at radius 1 is 1.12 bits per heavy atom. The Morgan fingerprint density at radius 2 is 1.84 bits per heavy atom. The molecule has 0 spiro atoms. The minimum Gasteiger partial charge on any atom is -0.434 e. The van der Waals surface area contributed by atoms with Crippen LogP contribution in [0.1, 0.15) is 16.9 Å². The molecule has 0 unspecified atom stereocenters. The highest BCUT2D eigenvalue weighted by atomic mass is 16.6. The second-order valence-corrected chi connectivity index (χ2v) is 5.51. The monoisotopic (exact) mass is 341 g/mol. The first kappa shape index (κ1) is 16.4. The summed E-state index contributed by atoms with van der Waals surface area (Å²) in [6.07, 6.45) is 1.18. The molecule has 0 bridgehead atoms. The molecule has 128 valence electrons. The zero-order valence-electron chi connectivity index (χ0n) is 13.8. The molecule has 0 radical (unpaired) electrons. The van der Waals surface area contributed by atoms with Gasteiger partial charge >= 0.3 is 11.6 Å². The first-order valence-electron chi connectivity index (χ1n) is 7.38. The zero-order chi connectivity index (χ0) is 18.0. The van der Waals surface area contributed by atoms with Gasteiger partial charge in [-0.15, -0.1) is 0 Å². The lowest BCUT2D eigenvalue weighted by Gasteiger charge is -2.09. The van der Waals surface area contributed by atoms with Gasteiger partial charge in [0.15, 0.2) is 5.82 Å². The van der Waals surface area contributed by atoms with E-state index < -0.39 is 4.92 Å². The minimum absolute atomic E-state index is 0.0346. The van der Waals surface area contributed by atoms with Crippen molar-refractivity contribution in [2.24, 2.45) is 0 Å². The average molecular weight is 341 g/mol. The Labute approximate surface area is 142 Å². The second-order valence-electron chi connectivity index (χ2n) is 5.51. The van der Waals surface area contributed by atoms with Crippen molar-refractivity contribution in [3.63, 3.8) is 0 Å². The number of hydrogen-bond acceptors (Lipinski definition) is 8. The molecular weight excluding hydrogens is 326 g/mol. The van der Waals surface area contributed by atoms with Gasteiger partial charge in [-0.1, -0.05) is 11.2 Å². The van der Waals surface area contributed by atoms with Crippen molar-refractivity contribution < 1.29 is 14.2 Å². The van der Waals surface area contributed by atoms with Crippen LogP contribution in [-0.2, 0) is 0 Å². The molecule has 0 aliphatic carbocycles. The molecule has 1 N–H and O–H groups in total. The van der Waals surface area contributed by atoms with Crippen molar-refractivity contribution in [1.29, 1.82) is 0 Å². The van der Waals surface area contributed by atoms with E-state index in [2.05, 4.69) is 20.4 Å². The van der Waals surface area contributed by atoms with Crippen LogP contribution in [-0.4, -0.2) is 20.0 Å². The molecule has 9 nitrogen and oxygen atoms in total. The van der Waals surface area contributed by atoms with Crippen LogP contribution in [0, 0.1) is 30.9 Å². The molecule has 0 saturated carbocycles. The summed E-state index contributed by atoms with van der Waals surface area (Å²) in [5.74, 6) is 1.13. The molecule has 0 aliphatic heterocycles. The van der Waals surface area contributed by atoms with Crippen molar-refractivity contribution in [1.82, 2.24) is 15.1 Å². The van der Waals surface area contributed by atoms with Crippen LogP contribution < -0.4 is 10.1 Å². The Bertz CT molecular complexity index is 918. The maximum Gasteiger partial charge on any atom is 0.373 e. The van der Waals surface area contributed by atoms with Crippen molar-refractivity contribution >= 4 is 17.3 Å². The summed E-state index contributed by atoms with van der Waals surface area (Å²) in [4.78, 5) is 18.7. The van der Waals surface area contributed by atoms with Crippen molar-refractivity contribution in [3.05, 3.63) is 57.6 Å². The van der Waals surface area contributed by atoms with Crippen molar-refractivity contribution in [2.75, 3.05) is 5.32 Å². The fourth-order valence-corrected chi connectivity index (χ4v) is 2.34. The molecule has 0 aliphatic rings. The summed E-state index contributed by atoms with van der Waals surface area (Å²) >= 11 is 0. The van der Waals surface area contributed by atoms with Crippen LogP contribution in [0.25, 0.3) is 0 Å². The molecule has 0 atom stereocenters. The third-order valence-corrected chi connectivity index (χ3v) is 3.26. The minimum atomic E-state index is -0.604. The van der Waals surface area contributed by atoms with Gasteiger partial charge in [-0.3, -0.25) is 10.1 Å². The van der Waals surface area contributed by atoms with Gasteiger partial charge in [0.25, 0.3) is 0 Å². The summed E-state index contributed by atoms with van der Waals surface area (Å²) in [6.45, 7) is 5.53. The van der Waals surface area contributed by atoms with Gasteiger partial charge in [-0.25, -0.2) is 4.98 Å². The van der Waals surface area contributed by atoms with E-state index in [4.69, 9.17) is 9.26 Å². The van der Waals surface area contributed by atoms with Crippen LogP contribution in [0.2, 0.25) is 0 Å². The third kappa shape index (κ3) is 3.71. The van der Waals surface area contributed by atoms with Crippen LogP contribution in [0.15, 0.2) is 35.1 Å². The number of nitrogens with zero attached hydrogens (tertiary/aromatic N) is 4. The Balaban J connectivity index is 1.98. The fraction of sp³-hybridized carbons (Fsp3) is 0.188. The molecule has 0 saturated heterocycles. The van der Waals surface area contributed by atoms with Gasteiger partial charge in [-0.2, -0.15) is 4.98 Å². The molecule has 2 heterocycles. The summed E-state index contributed by atoms with van der Waals surface area (Å²) in [6, 6.07) is 7.11. The third-order valence-electron chi connectivity index (χ3n) is 3.26. The predicted octanol–water partition coefficient (Wildman–Crippen LogP) is 3.83. The van der Waals surface area contributed by atoms with Crippen LogP contribution in [0.3, 0.4) is 0 Å². The lowest BCUT2D eigenvalue weighted by molar-refractivity contribution is -0.385. The lowest BCUT2D eigenvalue weighted by Crippen LogP contribution is -2.03. The number of hydrogen-bond donors (Lipinski definition) is 1. The normalized spacial score (nSPS) is 10.5. The molecule has 2 aromatic heterocycles. The summed E-state index contributed by atoms with van der Waals surface area (Å²) in [7, 11) is 0. The number of benzene rings is 1. The van der Waals surface area contributed by atoms with E-state index in [1.165, 1.54) is 6.33 Å². The fourth-order valence-electron chi connectivity index (χ4n) is 2.34. The average Bonchev–Trinajstić information content (AvgIpc) is 2.91. The highest BCUT2D eigenvalue weighted by Crippen LogP contribution is 2.35. The number of rotatable bonds is 5. The van der Waals surface area contributed by atoms with E-state index in [0.29, 0.717) is 17.3 Å². The van der Waals surface area contributed by atoms with E-state index in [9.17, 15) is 10.1 Å². The van der Waals surface area contributed by atoms with Crippen LogP contribution >= 0.6 is 0 Å². The Kier molecular flexibility index (Phi) is 4.29. The van der Waals surface area contributed by atoms with Crippen molar-refractivity contribution in [2.45, 2.75) is 20.8 Å². The van der Waals surface area contributed by atoms with Gasteiger partial charge in [-0.05, 0) is 44.0 Å². The molecule has 0 amide bonds. The molecular formula is C16H15N5O4. The second kappa shape index (κ2) is 6.56. The summed E-state index contributed by atoms with van der Waals surface area (Å²) in [5.41, 5.74) is 1.56. The maximum absolute atomic E-state index is 11.5. The molecule has 1 aromatic carbocycles. The van der Waals surface area contributed by atoms with Gasteiger partial charge in [0.1, 0.15) is 17.8 Å². The van der Waals surface area contributed by atoms with Crippen molar-refractivity contribution in [3.8, 4) is 11.6 Å². The predicted molar refractivity (Wildman–Crippen MR) is 89.2 cm³/mol. The van der Waals surface area contributed by atoms with E-state index >= 15 is 0 Å². The molecule has 3 rings (SSSR count). The Hall–Kier alpha value is -3.49. The topological polar surface area (TPSA) is 116 Å². The summed E-state index contributed by atoms with van der Waals surface area (Å²) in [5, 5.41) is 18.0. The molecule has 9 heteroatoms. The number of aromatic nitrogens is 3.